The summed E-state index contributed by atoms with van der Waals surface area (Å²) in [6.45, 7) is 0.792. The lowest BCUT2D eigenvalue weighted by atomic mass is 9.81. The molecule has 0 radical (unpaired) electrons. The standard InChI is InChI=1S/C28H24ClF3N2O4/c1-38-19-5-6-24-20(13-19)26(22(29)14-33-24)25(35)7-4-16-8-10-34(15-21(16)28(36)37)9-2-3-17-11-18(30)12-23(31)27(17)32/h5-6,11-14,16,21H,4,7-10,15H2,1H3,(H,36,37). The minimum absolute atomic E-state index is 0.105. The van der Waals surface area contributed by atoms with Crippen LogP contribution in [0.1, 0.15) is 35.2 Å². The second-order valence-electron chi connectivity index (χ2n) is 9.11. The summed E-state index contributed by atoms with van der Waals surface area (Å²) in [4.78, 5) is 31.3. The van der Waals surface area contributed by atoms with Crippen molar-refractivity contribution in [2.75, 3.05) is 26.7 Å². The lowest BCUT2D eigenvalue weighted by molar-refractivity contribution is -0.146. The molecule has 0 spiro atoms. The number of methoxy groups -OCH3 is 1. The number of nitrogens with zero attached hydrogens (tertiary/aromatic N) is 2. The van der Waals surface area contributed by atoms with Gasteiger partial charge in [0.25, 0.3) is 0 Å². The first-order valence-electron chi connectivity index (χ1n) is 11.9. The summed E-state index contributed by atoms with van der Waals surface area (Å²) in [5.74, 6) is -0.0413. The third-order valence-corrected chi connectivity index (χ3v) is 7.01. The average molecular weight is 545 g/mol. The first kappa shape index (κ1) is 27.4. The van der Waals surface area contributed by atoms with Gasteiger partial charge >= 0.3 is 5.97 Å². The van der Waals surface area contributed by atoms with E-state index in [-0.39, 0.29) is 36.2 Å². The van der Waals surface area contributed by atoms with Crippen molar-refractivity contribution >= 4 is 34.3 Å². The Morgan fingerprint density at radius 3 is 2.76 bits per heavy atom. The van der Waals surface area contributed by atoms with Crippen LogP contribution in [0.5, 0.6) is 5.75 Å². The molecule has 2 aromatic carbocycles. The summed E-state index contributed by atoms with van der Waals surface area (Å²) in [5.41, 5.74) is 0.527. The maximum atomic E-state index is 13.8. The number of carbonyl (C=O) groups excluding carboxylic acids is 1. The van der Waals surface area contributed by atoms with Crippen LogP contribution >= 0.6 is 11.6 Å². The fraction of sp³-hybridized carbons (Fsp3) is 0.321. The number of ketones is 1. The fourth-order valence-corrected chi connectivity index (χ4v) is 4.99. The van der Waals surface area contributed by atoms with Crippen molar-refractivity contribution in [3.05, 3.63) is 70.1 Å². The molecule has 6 nitrogen and oxygen atoms in total. The molecule has 1 N–H and O–H groups in total. The summed E-state index contributed by atoms with van der Waals surface area (Å²) in [6.07, 6.45) is 2.39. The summed E-state index contributed by atoms with van der Waals surface area (Å²) in [6, 6.07) is 6.42. The molecule has 1 fully saturated rings. The van der Waals surface area contributed by atoms with Crippen LogP contribution in [0.2, 0.25) is 5.02 Å². The molecule has 2 atom stereocenters. The fourth-order valence-electron chi connectivity index (χ4n) is 4.73. The highest BCUT2D eigenvalue weighted by molar-refractivity contribution is 6.35. The van der Waals surface area contributed by atoms with Crippen molar-refractivity contribution in [2.45, 2.75) is 19.3 Å². The first-order chi connectivity index (χ1) is 18.2. The number of hydrogen-bond acceptors (Lipinski definition) is 5. The number of carbonyl (C=O) groups is 2. The van der Waals surface area contributed by atoms with Gasteiger partial charge in [0.15, 0.2) is 17.4 Å². The number of halogens is 4. The van der Waals surface area contributed by atoms with E-state index >= 15 is 0 Å². The largest absolute Gasteiger partial charge is 0.497 e. The van der Waals surface area contributed by atoms with Crippen LogP contribution in [-0.4, -0.2) is 53.5 Å². The molecule has 10 heteroatoms. The van der Waals surface area contributed by atoms with E-state index in [1.54, 1.807) is 23.1 Å². The number of hydrogen-bond donors (Lipinski definition) is 1. The number of rotatable bonds is 7. The lowest BCUT2D eigenvalue weighted by Crippen LogP contribution is -2.44. The molecule has 1 saturated heterocycles. The minimum atomic E-state index is -1.32. The molecule has 1 aromatic heterocycles. The second-order valence-corrected chi connectivity index (χ2v) is 9.51. The molecule has 1 aliphatic rings. The number of carboxylic acids is 1. The molecular formula is C28H24ClF3N2O4. The molecule has 0 aliphatic carbocycles. The van der Waals surface area contributed by atoms with Crippen molar-refractivity contribution < 1.29 is 32.6 Å². The van der Waals surface area contributed by atoms with Crippen molar-refractivity contribution in [3.63, 3.8) is 0 Å². The average Bonchev–Trinajstić information content (AvgIpc) is 2.89. The summed E-state index contributed by atoms with van der Waals surface area (Å²) >= 11 is 6.33. The van der Waals surface area contributed by atoms with Gasteiger partial charge in [-0.2, -0.15) is 0 Å². The van der Waals surface area contributed by atoms with Crippen LogP contribution in [0.4, 0.5) is 13.2 Å². The second kappa shape index (κ2) is 11.8. The van der Waals surface area contributed by atoms with Gasteiger partial charge in [0.2, 0.25) is 0 Å². The van der Waals surface area contributed by atoms with E-state index < -0.39 is 34.9 Å². The van der Waals surface area contributed by atoms with Gasteiger partial charge in [0, 0.05) is 36.2 Å². The maximum Gasteiger partial charge on any atom is 0.308 e. The summed E-state index contributed by atoms with van der Waals surface area (Å²) in [7, 11) is 1.52. The number of pyridine rings is 1. The first-order valence-corrected chi connectivity index (χ1v) is 12.3. The molecule has 2 unspecified atom stereocenters. The molecule has 0 saturated carbocycles. The Hall–Kier alpha value is -3.61. The van der Waals surface area contributed by atoms with Crippen LogP contribution in [0.15, 0.2) is 36.5 Å². The van der Waals surface area contributed by atoms with Crippen LogP contribution in [0.3, 0.4) is 0 Å². The Labute approximate surface area is 222 Å². The van der Waals surface area contributed by atoms with E-state index in [4.69, 9.17) is 16.3 Å². The predicted octanol–water partition coefficient (Wildman–Crippen LogP) is 5.35. The maximum absolute atomic E-state index is 13.8. The van der Waals surface area contributed by atoms with E-state index in [2.05, 4.69) is 16.8 Å². The molecule has 2 heterocycles. The molecule has 38 heavy (non-hydrogen) atoms. The van der Waals surface area contributed by atoms with Gasteiger partial charge in [-0.3, -0.25) is 19.5 Å². The predicted molar refractivity (Wildman–Crippen MR) is 136 cm³/mol. The monoisotopic (exact) mass is 544 g/mol. The number of carboxylic acid groups (broad SMARTS) is 1. The van der Waals surface area contributed by atoms with Crippen LogP contribution in [0.25, 0.3) is 10.9 Å². The Morgan fingerprint density at radius 2 is 2.03 bits per heavy atom. The van der Waals surface area contributed by atoms with E-state index in [9.17, 15) is 27.9 Å². The molecule has 1 aliphatic heterocycles. The molecule has 3 aromatic rings. The Bertz CT molecular complexity index is 1450. The van der Waals surface area contributed by atoms with Crippen molar-refractivity contribution in [2.24, 2.45) is 11.8 Å². The van der Waals surface area contributed by atoms with Crippen molar-refractivity contribution in [1.29, 1.82) is 0 Å². The number of likely N-dealkylation sites (tertiary alicyclic amines) is 1. The molecule has 4 rings (SSSR count). The summed E-state index contributed by atoms with van der Waals surface area (Å²) in [5, 5.41) is 10.6. The van der Waals surface area contributed by atoms with Gasteiger partial charge in [0.1, 0.15) is 11.6 Å². The van der Waals surface area contributed by atoms with Crippen molar-refractivity contribution in [3.8, 4) is 17.6 Å². The highest BCUT2D eigenvalue weighted by Crippen LogP contribution is 2.32. The van der Waals surface area contributed by atoms with E-state index in [0.29, 0.717) is 47.7 Å². The molecule has 0 bridgehead atoms. The van der Waals surface area contributed by atoms with Crippen molar-refractivity contribution in [1.82, 2.24) is 9.88 Å². The Morgan fingerprint density at radius 1 is 1.24 bits per heavy atom. The number of piperidine rings is 1. The van der Waals surface area contributed by atoms with Gasteiger partial charge in [0.05, 0.1) is 35.7 Å². The van der Waals surface area contributed by atoms with Crippen LogP contribution < -0.4 is 4.74 Å². The topological polar surface area (TPSA) is 79.7 Å². The Balaban J connectivity index is 1.42. The third-order valence-electron chi connectivity index (χ3n) is 6.73. The highest BCUT2D eigenvalue weighted by atomic mass is 35.5. The molecule has 198 valence electrons. The SMILES string of the molecule is COc1ccc2ncc(Cl)c(C(=O)CCC3CCN(CC#Cc4cc(F)cc(F)c4F)CC3C(=O)O)c2c1. The van der Waals surface area contributed by atoms with Gasteiger partial charge < -0.3 is 9.84 Å². The van der Waals surface area contributed by atoms with Crippen LogP contribution in [0, 0.1) is 41.1 Å². The normalized spacial score (nSPS) is 17.6. The van der Waals surface area contributed by atoms with Gasteiger partial charge in [-0.1, -0.05) is 23.4 Å². The highest BCUT2D eigenvalue weighted by Gasteiger charge is 2.34. The lowest BCUT2D eigenvalue weighted by Gasteiger charge is -2.35. The number of ether oxygens (including phenoxy) is 1. The minimum Gasteiger partial charge on any atom is -0.497 e. The van der Waals surface area contributed by atoms with Gasteiger partial charge in [-0.15, -0.1) is 0 Å². The molecular weight excluding hydrogens is 521 g/mol. The van der Waals surface area contributed by atoms with Crippen LogP contribution in [-0.2, 0) is 4.79 Å². The van der Waals surface area contributed by atoms with E-state index in [1.165, 1.54) is 13.3 Å². The van der Waals surface area contributed by atoms with Gasteiger partial charge in [-0.25, -0.2) is 13.2 Å². The third kappa shape index (κ3) is 6.09. The van der Waals surface area contributed by atoms with E-state index in [1.807, 2.05) is 0 Å². The smallest absolute Gasteiger partial charge is 0.308 e. The summed E-state index contributed by atoms with van der Waals surface area (Å²) < 4.78 is 45.8. The number of aliphatic carboxylic acids is 1. The number of benzene rings is 2. The Kier molecular flexibility index (Phi) is 8.55. The zero-order valence-electron chi connectivity index (χ0n) is 20.4. The zero-order chi connectivity index (χ0) is 27.4. The van der Waals surface area contributed by atoms with E-state index in [0.717, 1.165) is 6.07 Å². The number of aromatic nitrogens is 1. The zero-order valence-corrected chi connectivity index (χ0v) is 21.2. The quantitative estimate of drug-likeness (QED) is 0.245. The molecule has 0 amide bonds. The van der Waals surface area contributed by atoms with Gasteiger partial charge in [-0.05, 0) is 49.6 Å². The number of Topliss-reactive ketones (excluding diaryl/α,β-unsaturated/α-hetero) is 1. The number of fused-ring (bicyclic) bond motifs is 1.